The van der Waals surface area contributed by atoms with Gasteiger partial charge in [-0.25, -0.2) is 4.98 Å². The lowest BCUT2D eigenvalue weighted by Gasteiger charge is -2.05. The lowest BCUT2D eigenvalue weighted by atomic mass is 10.2. The molecule has 0 aromatic carbocycles. The van der Waals surface area contributed by atoms with Gasteiger partial charge in [-0.15, -0.1) is 0 Å². The van der Waals surface area contributed by atoms with E-state index >= 15 is 0 Å². The number of ether oxygens (including phenoxy) is 1. The van der Waals surface area contributed by atoms with Crippen LogP contribution in [0.15, 0.2) is 12.3 Å². The van der Waals surface area contributed by atoms with Crippen molar-refractivity contribution >= 4 is 5.82 Å². The predicted molar refractivity (Wildman–Crippen MR) is 40.0 cm³/mol. The maximum atomic E-state index is 11.7. The first-order chi connectivity index (χ1) is 6.13. The molecular formula is C7H5F2N3O. The van der Waals surface area contributed by atoms with Gasteiger partial charge in [-0.1, -0.05) is 0 Å². The number of aromatic nitrogens is 1. The van der Waals surface area contributed by atoms with Gasteiger partial charge in [-0.05, 0) is 0 Å². The molecule has 0 aliphatic heterocycles. The molecule has 4 nitrogen and oxygen atoms in total. The molecule has 1 aromatic rings. The van der Waals surface area contributed by atoms with E-state index in [9.17, 15) is 8.78 Å². The Balaban J connectivity index is 3.01. The summed E-state index contributed by atoms with van der Waals surface area (Å²) in [6.07, 6.45) is 0.986. The van der Waals surface area contributed by atoms with Gasteiger partial charge in [0.25, 0.3) is 0 Å². The molecule has 68 valence electrons. The fourth-order valence-corrected chi connectivity index (χ4v) is 0.736. The van der Waals surface area contributed by atoms with Crippen LogP contribution in [-0.2, 0) is 0 Å². The van der Waals surface area contributed by atoms with Crippen molar-refractivity contribution in [2.45, 2.75) is 6.61 Å². The monoisotopic (exact) mass is 185 g/mol. The summed E-state index contributed by atoms with van der Waals surface area (Å²) in [7, 11) is 0. The van der Waals surface area contributed by atoms with Gasteiger partial charge in [-0.3, -0.25) is 0 Å². The lowest BCUT2D eigenvalue weighted by Crippen LogP contribution is -2.04. The van der Waals surface area contributed by atoms with E-state index < -0.39 is 6.61 Å². The molecule has 0 unspecified atom stereocenters. The molecule has 0 aliphatic carbocycles. The number of nitrogens with zero attached hydrogens (tertiary/aromatic N) is 2. The third-order valence-electron chi connectivity index (χ3n) is 1.23. The Kier molecular flexibility index (Phi) is 2.59. The summed E-state index contributed by atoms with van der Waals surface area (Å²) < 4.78 is 27.5. The maximum Gasteiger partial charge on any atom is 0.387 e. The van der Waals surface area contributed by atoms with E-state index in [4.69, 9.17) is 11.0 Å². The second kappa shape index (κ2) is 3.67. The van der Waals surface area contributed by atoms with Gasteiger partial charge in [0.2, 0.25) is 0 Å². The van der Waals surface area contributed by atoms with E-state index in [1.54, 1.807) is 6.07 Å². The van der Waals surface area contributed by atoms with Crippen LogP contribution in [-0.4, -0.2) is 11.6 Å². The molecule has 1 heterocycles. The van der Waals surface area contributed by atoms with Crippen molar-refractivity contribution in [1.82, 2.24) is 4.98 Å². The molecule has 0 bridgehead atoms. The fourth-order valence-electron chi connectivity index (χ4n) is 0.736. The van der Waals surface area contributed by atoms with Gasteiger partial charge in [0, 0.05) is 6.07 Å². The summed E-state index contributed by atoms with van der Waals surface area (Å²) in [6.45, 7) is -2.97. The molecular weight excluding hydrogens is 180 g/mol. The normalized spacial score (nSPS) is 9.69. The van der Waals surface area contributed by atoms with Crippen molar-refractivity contribution in [3.63, 3.8) is 0 Å². The number of hydrogen-bond acceptors (Lipinski definition) is 4. The molecule has 2 N–H and O–H groups in total. The van der Waals surface area contributed by atoms with Gasteiger partial charge in [-0.2, -0.15) is 14.0 Å². The van der Waals surface area contributed by atoms with E-state index in [-0.39, 0.29) is 17.1 Å². The highest BCUT2D eigenvalue weighted by atomic mass is 19.3. The standard InChI is InChI=1S/C7H5F2N3O/c8-7(9)13-5-3-12-6(11)1-4(5)2-10/h1,3,7H,(H2,11,12). The Morgan fingerprint density at radius 1 is 1.62 bits per heavy atom. The molecule has 1 aromatic heterocycles. The Morgan fingerprint density at radius 2 is 2.31 bits per heavy atom. The number of halogens is 2. The highest BCUT2D eigenvalue weighted by Gasteiger charge is 2.09. The van der Waals surface area contributed by atoms with Crippen molar-refractivity contribution in [1.29, 1.82) is 5.26 Å². The molecule has 1 rings (SSSR count). The van der Waals surface area contributed by atoms with Crippen LogP contribution in [0.25, 0.3) is 0 Å². The highest BCUT2D eigenvalue weighted by Crippen LogP contribution is 2.19. The topological polar surface area (TPSA) is 71.9 Å². The van der Waals surface area contributed by atoms with Crippen LogP contribution in [0.5, 0.6) is 5.75 Å². The molecule has 13 heavy (non-hydrogen) atoms. The van der Waals surface area contributed by atoms with E-state index in [1.165, 1.54) is 0 Å². The Hall–Kier alpha value is -1.90. The van der Waals surface area contributed by atoms with Gasteiger partial charge in [0.1, 0.15) is 11.9 Å². The Labute approximate surface area is 72.6 Å². The molecule has 0 radical (unpaired) electrons. The number of nitrogens with two attached hydrogens (primary N) is 1. The van der Waals surface area contributed by atoms with Crippen molar-refractivity contribution < 1.29 is 13.5 Å². The Morgan fingerprint density at radius 3 is 2.85 bits per heavy atom. The number of anilines is 1. The summed E-state index contributed by atoms with van der Waals surface area (Å²) >= 11 is 0. The summed E-state index contributed by atoms with van der Waals surface area (Å²) in [6, 6.07) is 2.83. The number of nitriles is 1. The predicted octanol–water partition coefficient (Wildman–Crippen LogP) is 1.14. The quantitative estimate of drug-likeness (QED) is 0.749. The minimum Gasteiger partial charge on any atom is -0.432 e. The van der Waals surface area contributed by atoms with Crippen molar-refractivity contribution in [3.05, 3.63) is 17.8 Å². The van der Waals surface area contributed by atoms with E-state index in [1.807, 2.05) is 0 Å². The molecule has 0 atom stereocenters. The summed E-state index contributed by atoms with van der Waals surface area (Å²) in [5, 5.41) is 8.50. The molecule has 0 saturated carbocycles. The third-order valence-corrected chi connectivity index (χ3v) is 1.23. The first-order valence-electron chi connectivity index (χ1n) is 3.24. The minimum atomic E-state index is -2.97. The zero-order valence-electron chi connectivity index (χ0n) is 6.37. The van der Waals surface area contributed by atoms with Crippen LogP contribution >= 0.6 is 0 Å². The van der Waals surface area contributed by atoms with Crippen LogP contribution < -0.4 is 10.5 Å². The number of hydrogen-bond donors (Lipinski definition) is 1. The van der Waals surface area contributed by atoms with E-state index in [0.717, 1.165) is 12.3 Å². The van der Waals surface area contributed by atoms with Crippen molar-refractivity contribution in [3.8, 4) is 11.8 Å². The maximum absolute atomic E-state index is 11.7. The van der Waals surface area contributed by atoms with Gasteiger partial charge in [0.05, 0.1) is 11.8 Å². The van der Waals surface area contributed by atoms with Gasteiger partial charge >= 0.3 is 6.61 Å². The first-order valence-corrected chi connectivity index (χ1v) is 3.24. The molecule has 0 aliphatic rings. The molecule has 6 heteroatoms. The Bertz CT molecular complexity index is 348. The number of rotatable bonds is 2. The number of nitrogen functional groups attached to an aromatic ring is 1. The van der Waals surface area contributed by atoms with Crippen LogP contribution in [0.2, 0.25) is 0 Å². The smallest absolute Gasteiger partial charge is 0.387 e. The van der Waals surface area contributed by atoms with Gasteiger partial charge < -0.3 is 10.5 Å². The number of pyridine rings is 1. The largest absolute Gasteiger partial charge is 0.432 e. The first kappa shape index (κ1) is 9.19. The highest BCUT2D eigenvalue weighted by molar-refractivity contribution is 5.47. The second-order valence-electron chi connectivity index (χ2n) is 2.10. The lowest BCUT2D eigenvalue weighted by molar-refractivity contribution is -0.0502. The van der Waals surface area contributed by atoms with Crippen LogP contribution in [0.1, 0.15) is 5.56 Å². The van der Waals surface area contributed by atoms with E-state index in [2.05, 4.69) is 9.72 Å². The molecule has 0 saturated heterocycles. The van der Waals surface area contributed by atoms with Crippen molar-refractivity contribution in [2.75, 3.05) is 5.73 Å². The average molecular weight is 185 g/mol. The van der Waals surface area contributed by atoms with Crippen molar-refractivity contribution in [2.24, 2.45) is 0 Å². The zero-order chi connectivity index (χ0) is 9.84. The minimum absolute atomic E-state index is 0.0622. The van der Waals surface area contributed by atoms with Crippen LogP contribution in [0.3, 0.4) is 0 Å². The summed E-state index contributed by atoms with van der Waals surface area (Å²) in [4.78, 5) is 3.51. The molecule has 0 spiro atoms. The van der Waals surface area contributed by atoms with Crippen LogP contribution in [0.4, 0.5) is 14.6 Å². The number of alkyl halides is 2. The summed E-state index contributed by atoms with van der Waals surface area (Å²) in [5.41, 5.74) is 5.17. The average Bonchev–Trinajstić information content (AvgIpc) is 2.07. The SMILES string of the molecule is N#Cc1cc(N)ncc1OC(F)F. The second-order valence-corrected chi connectivity index (χ2v) is 2.10. The fraction of sp³-hybridized carbons (Fsp3) is 0.143. The third kappa shape index (κ3) is 2.27. The molecule has 0 amide bonds. The van der Waals surface area contributed by atoms with E-state index in [0.29, 0.717) is 0 Å². The van der Waals surface area contributed by atoms with Crippen LogP contribution in [0, 0.1) is 11.3 Å². The molecule has 0 fully saturated rings. The van der Waals surface area contributed by atoms with Gasteiger partial charge in [0.15, 0.2) is 5.75 Å². The summed E-state index contributed by atoms with van der Waals surface area (Å²) in [5.74, 6) is -0.190. The zero-order valence-corrected chi connectivity index (χ0v) is 6.37.